The van der Waals surface area contributed by atoms with Gasteiger partial charge in [0.2, 0.25) is 5.91 Å². The molecule has 142 valence electrons. The highest BCUT2D eigenvalue weighted by molar-refractivity contribution is 5.94. The number of carbonyl (C=O) groups excluding carboxylic acids is 2. The number of carbonyl (C=O) groups is 2. The Bertz CT molecular complexity index is 774. The lowest BCUT2D eigenvalue weighted by atomic mass is 10.0. The van der Waals surface area contributed by atoms with Gasteiger partial charge in [-0.15, -0.1) is 0 Å². The van der Waals surface area contributed by atoms with Gasteiger partial charge in [-0.1, -0.05) is 30.3 Å². The van der Waals surface area contributed by atoms with Crippen molar-refractivity contribution in [2.75, 3.05) is 19.7 Å². The van der Waals surface area contributed by atoms with Crippen LogP contribution in [-0.4, -0.2) is 42.5 Å². The van der Waals surface area contributed by atoms with Crippen molar-refractivity contribution in [1.29, 1.82) is 0 Å². The highest BCUT2D eigenvalue weighted by atomic mass is 19.1. The smallest absolute Gasteiger partial charge is 0.251 e. The maximum Gasteiger partial charge on any atom is 0.251 e. The third-order valence-electron chi connectivity index (χ3n) is 4.63. The molecule has 1 N–H and O–H groups in total. The lowest BCUT2D eigenvalue weighted by molar-refractivity contribution is -0.132. The van der Waals surface area contributed by atoms with Crippen LogP contribution in [-0.2, 0) is 4.79 Å². The van der Waals surface area contributed by atoms with Crippen LogP contribution < -0.4 is 10.1 Å². The average molecular weight is 370 g/mol. The van der Waals surface area contributed by atoms with Gasteiger partial charge in [0.25, 0.3) is 5.91 Å². The van der Waals surface area contributed by atoms with Gasteiger partial charge in [0.15, 0.2) is 11.6 Å². The lowest BCUT2D eigenvalue weighted by Gasteiger charge is -2.32. The van der Waals surface area contributed by atoms with E-state index in [1.807, 2.05) is 18.2 Å². The Hall–Kier alpha value is -2.89. The molecule has 0 radical (unpaired) electrons. The number of hydrogen-bond acceptors (Lipinski definition) is 3. The number of amides is 2. The molecule has 27 heavy (non-hydrogen) atoms. The summed E-state index contributed by atoms with van der Waals surface area (Å²) in [4.78, 5) is 26.3. The zero-order valence-electron chi connectivity index (χ0n) is 15.1. The number of piperidine rings is 1. The van der Waals surface area contributed by atoms with Crippen molar-refractivity contribution >= 4 is 11.8 Å². The molecule has 0 aliphatic carbocycles. The maximum absolute atomic E-state index is 13.5. The molecular weight excluding hydrogens is 347 g/mol. The number of hydrogen-bond donors (Lipinski definition) is 1. The molecule has 0 unspecified atom stereocenters. The SMILES string of the molecule is O=C(NC1CCN(C(=O)CCOc2ccccc2F)CC1)c1ccccc1. The zero-order valence-corrected chi connectivity index (χ0v) is 15.1. The minimum atomic E-state index is -0.431. The lowest BCUT2D eigenvalue weighted by Crippen LogP contribution is -2.46. The summed E-state index contributed by atoms with van der Waals surface area (Å²) in [5.41, 5.74) is 0.640. The Labute approximate surface area is 158 Å². The van der Waals surface area contributed by atoms with Crippen LogP contribution in [0.5, 0.6) is 5.75 Å². The first-order chi connectivity index (χ1) is 13.1. The van der Waals surface area contributed by atoms with Crippen molar-refractivity contribution in [2.24, 2.45) is 0 Å². The topological polar surface area (TPSA) is 58.6 Å². The summed E-state index contributed by atoms with van der Waals surface area (Å²) in [6, 6.07) is 15.3. The average Bonchev–Trinajstić information content (AvgIpc) is 2.70. The first kappa shape index (κ1) is 18.9. The van der Waals surface area contributed by atoms with Crippen LogP contribution in [0, 0.1) is 5.82 Å². The van der Waals surface area contributed by atoms with Gasteiger partial charge in [-0.3, -0.25) is 9.59 Å². The van der Waals surface area contributed by atoms with Crippen LogP contribution in [0.25, 0.3) is 0 Å². The second-order valence-corrected chi connectivity index (χ2v) is 6.52. The van der Waals surface area contributed by atoms with E-state index in [2.05, 4.69) is 5.32 Å². The fraction of sp³-hybridized carbons (Fsp3) is 0.333. The number of likely N-dealkylation sites (tertiary alicyclic amines) is 1. The largest absolute Gasteiger partial charge is 0.490 e. The molecule has 2 aromatic rings. The quantitative estimate of drug-likeness (QED) is 0.850. The number of ether oxygens (including phenoxy) is 1. The Morgan fingerprint density at radius 3 is 2.41 bits per heavy atom. The summed E-state index contributed by atoms with van der Waals surface area (Å²) in [5, 5.41) is 3.02. The highest BCUT2D eigenvalue weighted by Crippen LogP contribution is 2.16. The minimum absolute atomic E-state index is 0.0147. The summed E-state index contributed by atoms with van der Waals surface area (Å²) in [7, 11) is 0. The molecule has 3 rings (SSSR count). The molecule has 0 spiro atoms. The van der Waals surface area contributed by atoms with Crippen molar-refractivity contribution in [3.63, 3.8) is 0 Å². The van der Waals surface area contributed by atoms with E-state index in [-0.39, 0.29) is 36.6 Å². The number of halogens is 1. The van der Waals surface area contributed by atoms with Crippen LogP contribution in [0.4, 0.5) is 4.39 Å². The van der Waals surface area contributed by atoms with Crippen molar-refractivity contribution in [3.05, 3.63) is 66.0 Å². The standard InChI is InChI=1S/C21H23FN2O3/c22-18-8-4-5-9-19(18)27-15-12-20(25)24-13-10-17(11-14-24)23-21(26)16-6-2-1-3-7-16/h1-9,17H,10-15H2,(H,23,26). The predicted molar refractivity (Wildman–Crippen MR) is 100 cm³/mol. The van der Waals surface area contributed by atoms with Crippen LogP contribution >= 0.6 is 0 Å². The molecule has 1 fully saturated rings. The van der Waals surface area contributed by atoms with E-state index in [1.54, 1.807) is 35.2 Å². The molecule has 2 aromatic carbocycles. The Morgan fingerprint density at radius 2 is 1.70 bits per heavy atom. The zero-order chi connectivity index (χ0) is 19.1. The van der Waals surface area contributed by atoms with E-state index in [0.29, 0.717) is 18.7 Å². The number of para-hydroxylation sites is 1. The first-order valence-electron chi connectivity index (χ1n) is 9.14. The third kappa shape index (κ3) is 5.29. The molecule has 0 aromatic heterocycles. The van der Waals surface area contributed by atoms with Gasteiger partial charge in [-0.2, -0.15) is 0 Å². The monoisotopic (exact) mass is 370 g/mol. The fourth-order valence-electron chi connectivity index (χ4n) is 3.10. The molecule has 5 nitrogen and oxygen atoms in total. The number of benzene rings is 2. The number of nitrogens with one attached hydrogen (secondary N) is 1. The highest BCUT2D eigenvalue weighted by Gasteiger charge is 2.24. The van der Waals surface area contributed by atoms with Crippen molar-refractivity contribution < 1.29 is 18.7 Å². The second-order valence-electron chi connectivity index (χ2n) is 6.52. The fourth-order valence-corrected chi connectivity index (χ4v) is 3.10. The molecule has 6 heteroatoms. The second kappa shape index (κ2) is 9.16. The van der Waals surface area contributed by atoms with Gasteiger partial charge in [0, 0.05) is 24.7 Å². The van der Waals surface area contributed by atoms with Crippen LogP contribution in [0.1, 0.15) is 29.6 Å². The number of rotatable bonds is 6. The molecule has 1 aliphatic rings. The van der Waals surface area contributed by atoms with Gasteiger partial charge >= 0.3 is 0 Å². The summed E-state index contributed by atoms with van der Waals surface area (Å²) in [6.45, 7) is 1.33. The summed E-state index contributed by atoms with van der Waals surface area (Å²) in [6.07, 6.45) is 1.65. The van der Waals surface area contributed by atoms with Crippen LogP contribution in [0.15, 0.2) is 54.6 Å². The van der Waals surface area contributed by atoms with Gasteiger partial charge < -0.3 is 15.0 Å². The summed E-state index contributed by atoms with van der Waals surface area (Å²) in [5.74, 6) is -0.370. The molecule has 2 amide bonds. The minimum Gasteiger partial charge on any atom is -0.490 e. The van der Waals surface area contributed by atoms with Crippen molar-refractivity contribution in [2.45, 2.75) is 25.3 Å². The molecular formula is C21H23FN2O3. The van der Waals surface area contributed by atoms with Gasteiger partial charge in [0.1, 0.15) is 0 Å². The maximum atomic E-state index is 13.5. The van der Waals surface area contributed by atoms with E-state index >= 15 is 0 Å². The Balaban J connectivity index is 1.39. The molecule has 1 saturated heterocycles. The van der Waals surface area contributed by atoms with E-state index in [0.717, 1.165) is 12.8 Å². The van der Waals surface area contributed by atoms with Gasteiger partial charge in [-0.05, 0) is 37.1 Å². The van der Waals surface area contributed by atoms with E-state index in [9.17, 15) is 14.0 Å². The van der Waals surface area contributed by atoms with E-state index in [4.69, 9.17) is 4.74 Å². The van der Waals surface area contributed by atoms with Gasteiger partial charge in [0.05, 0.1) is 13.0 Å². The molecule has 0 atom stereocenters. The van der Waals surface area contributed by atoms with Crippen molar-refractivity contribution in [1.82, 2.24) is 10.2 Å². The Morgan fingerprint density at radius 1 is 1.04 bits per heavy atom. The van der Waals surface area contributed by atoms with Crippen LogP contribution in [0.3, 0.4) is 0 Å². The predicted octanol–water partition coefficient (Wildman–Crippen LogP) is 3.02. The molecule has 1 heterocycles. The van der Waals surface area contributed by atoms with E-state index < -0.39 is 5.82 Å². The summed E-state index contributed by atoms with van der Waals surface area (Å²) >= 11 is 0. The molecule has 1 aliphatic heterocycles. The summed E-state index contributed by atoms with van der Waals surface area (Å²) < 4.78 is 18.8. The van der Waals surface area contributed by atoms with Crippen molar-refractivity contribution in [3.8, 4) is 5.75 Å². The van der Waals surface area contributed by atoms with E-state index in [1.165, 1.54) is 6.07 Å². The Kier molecular flexibility index (Phi) is 6.41. The molecule has 0 bridgehead atoms. The van der Waals surface area contributed by atoms with Crippen LogP contribution in [0.2, 0.25) is 0 Å². The molecule has 0 saturated carbocycles. The normalized spacial score (nSPS) is 14.6. The number of nitrogens with zero attached hydrogens (tertiary/aromatic N) is 1. The van der Waals surface area contributed by atoms with Gasteiger partial charge in [-0.25, -0.2) is 4.39 Å². The first-order valence-corrected chi connectivity index (χ1v) is 9.14. The third-order valence-corrected chi connectivity index (χ3v) is 4.63.